The van der Waals surface area contributed by atoms with Gasteiger partial charge in [0.25, 0.3) is 0 Å². The summed E-state index contributed by atoms with van der Waals surface area (Å²) in [4.78, 5) is 7.05. The second kappa shape index (κ2) is 16.1. The molecular weight excluding hydrogens is 890 g/mol. The predicted molar refractivity (Wildman–Crippen MR) is 203 cm³/mol. The molecule has 0 aliphatic rings. The van der Waals surface area contributed by atoms with Crippen molar-refractivity contribution in [2.75, 3.05) is 0 Å². The molecule has 0 saturated carbocycles. The summed E-state index contributed by atoms with van der Waals surface area (Å²) < 4.78 is 44.2. The average Bonchev–Trinajstić information content (AvgIpc) is 4.00. The summed E-state index contributed by atoms with van der Waals surface area (Å²) in [6, 6.07) is 45.5. The Morgan fingerprint density at radius 2 is 1.04 bits per heavy atom. The number of imidazole rings is 2. The average molecular weight is 920 g/mol. The second-order valence-electron chi connectivity index (χ2n) is 12.6. The molecule has 4 heterocycles. The number of benzene rings is 6. The van der Waals surface area contributed by atoms with Gasteiger partial charge in [0, 0.05) is 51.1 Å². The molecule has 0 bridgehead atoms. The molecule has 0 amide bonds. The molecule has 6 aromatic carbocycles. The maximum atomic E-state index is 12.1. The summed E-state index contributed by atoms with van der Waals surface area (Å²) in [5.41, 5.74) is 2.35. The fraction of sp³-hybridized carbons (Fsp3) is 0.0682. The van der Waals surface area contributed by atoms with E-state index >= 15 is 0 Å². The van der Waals surface area contributed by atoms with E-state index < -0.39 is 12.0 Å². The van der Waals surface area contributed by atoms with Crippen molar-refractivity contribution in [2.45, 2.75) is 6.18 Å². The minimum atomic E-state index is -4.57. The SMILES string of the molecule is C[n+]1[c-]n(-c2[c-]c3ccccc3c3ccccc23)cc1.C[n+]1[c-]n(-c2[c-]c3ccccc3c3ccccc23)cc1.FC(F)(F)c1n[n-]c(-c2ccccn2)n1.[Ir]. The van der Waals surface area contributed by atoms with Crippen molar-refractivity contribution in [3.8, 4) is 22.9 Å². The molecular formula is C44H30F3IrN8-3. The number of alkyl halides is 3. The third-order valence-corrected chi connectivity index (χ3v) is 8.80. The molecule has 4 aromatic heterocycles. The van der Waals surface area contributed by atoms with Crippen LogP contribution in [0.3, 0.4) is 0 Å². The topological polar surface area (TPSA) is 70.4 Å². The van der Waals surface area contributed by atoms with Gasteiger partial charge in [0.1, 0.15) is 5.82 Å². The fourth-order valence-corrected chi connectivity index (χ4v) is 6.29. The molecule has 0 N–H and O–H groups in total. The Kier molecular flexibility index (Phi) is 10.9. The van der Waals surface area contributed by atoms with E-state index in [1.54, 1.807) is 12.1 Å². The van der Waals surface area contributed by atoms with Gasteiger partial charge in [-0.15, -0.1) is 70.1 Å². The number of hydrogen-bond donors (Lipinski definition) is 0. The van der Waals surface area contributed by atoms with E-state index in [0.29, 0.717) is 0 Å². The van der Waals surface area contributed by atoms with Crippen LogP contribution in [0.1, 0.15) is 5.82 Å². The van der Waals surface area contributed by atoms with E-state index in [0.717, 1.165) is 22.1 Å². The van der Waals surface area contributed by atoms with Crippen molar-refractivity contribution in [3.05, 3.63) is 177 Å². The summed E-state index contributed by atoms with van der Waals surface area (Å²) in [6.07, 6.45) is 11.4. The van der Waals surface area contributed by atoms with Crippen molar-refractivity contribution >= 4 is 43.1 Å². The van der Waals surface area contributed by atoms with Crippen molar-refractivity contribution in [3.63, 3.8) is 0 Å². The molecule has 1 radical (unpaired) electrons. The number of aromatic nitrogens is 8. The molecule has 0 fully saturated rings. The first kappa shape index (κ1) is 37.8. The summed E-state index contributed by atoms with van der Waals surface area (Å²) in [5, 5.41) is 15.9. The van der Waals surface area contributed by atoms with Crippen LogP contribution in [0, 0.1) is 24.8 Å². The van der Waals surface area contributed by atoms with Gasteiger partial charge in [-0.05, 0) is 29.3 Å². The number of aryl methyl sites for hydroxylation is 2. The van der Waals surface area contributed by atoms with Crippen LogP contribution in [0.15, 0.2) is 146 Å². The van der Waals surface area contributed by atoms with Gasteiger partial charge in [0.2, 0.25) is 12.7 Å². The summed E-state index contributed by atoms with van der Waals surface area (Å²) in [7, 11) is 3.94. The standard InChI is InChI=1S/2C18H13N2.C8H4F3N4.Ir/c2*1-19-10-11-20(13-19)18-12-14-6-2-3-7-15(14)16-8-4-5-9-17(16)18;9-8(10,11)7-13-6(14-15-7)5-3-1-2-4-12-5;/h2*2-11H,1H3;1-4H;/q3*-1;. The molecule has 0 atom stereocenters. The molecule has 8 nitrogen and oxygen atoms in total. The van der Waals surface area contributed by atoms with Crippen LogP contribution in [0.25, 0.3) is 66.0 Å². The Hall–Kier alpha value is -6.49. The first-order valence-corrected chi connectivity index (χ1v) is 17.2. The van der Waals surface area contributed by atoms with Crippen LogP contribution in [0.4, 0.5) is 13.2 Å². The smallest absolute Gasteiger partial charge is 0.413 e. The second-order valence-corrected chi connectivity index (χ2v) is 12.6. The molecule has 0 saturated heterocycles. The minimum Gasteiger partial charge on any atom is -0.413 e. The molecule has 0 aliphatic heterocycles. The number of rotatable bonds is 3. The Labute approximate surface area is 333 Å². The zero-order valence-electron chi connectivity index (χ0n) is 29.9. The number of fused-ring (bicyclic) bond motifs is 6. The van der Waals surface area contributed by atoms with Gasteiger partial charge < -0.3 is 28.4 Å². The van der Waals surface area contributed by atoms with Gasteiger partial charge in [0.05, 0.1) is 19.8 Å². The van der Waals surface area contributed by atoms with Crippen molar-refractivity contribution in [2.24, 2.45) is 14.1 Å². The Morgan fingerprint density at radius 3 is 1.45 bits per heavy atom. The number of halogens is 3. The van der Waals surface area contributed by atoms with Crippen LogP contribution < -0.4 is 14.2 Å². The minimum absolute atomic E-state index is 0. The first-order chi connectivity index (χ1) is 26.7. The third-order valence-electron chi connectivity index (χ3n) is 8.80. The third kappa shape index (κ3) is 7.84. The molecule has 10 rings (SSSR count). The van der Waals surface area contributed by atoms with E-state index in [4.69, 9.17) is 0 Å². The van der Waals surface area contributed by atoms with Crippen molar-refractivity contribution in [1.29, 1.82) is 0 Å². The monoisotopic (exact) mass is 920 g/mol. The molecule has 279 valence electrons. The van der Waals surface area contributed by atoms with Gasteiger partial charge in [-0.25, -0.2) is 0 Å². The molecule has 10 aromatic rings. The van der Waals surface area contributed by atoms with E-state index in [-0.39, 0.29) is 31.6 Å². The van der Waals surface area contributed by atoms with Crippen LogP contribution >= 0.6 is 0 Å². The number of nitrogens with zero attached hydrogens (tertiary/aromatic N) is 8. The summed E-state index contributed by atoms with van der Waals surface area (Å²) in [5.74, 6) is -1.37. The first-order valence-electron chi connectivity index (χ1n) is 17.2. The van der Waals surface area contributed by atoms with Crippen LogP contribution in [-0.2, 0) is 40.4 Å². The van der Waals surface area contributed by atoms with E-state index in [1.807, 2.05) is 57.2 Å². The van der Waals surface area contributed by atoms with Gasteiger partial charge >= 0.3 is 6.18 Å². The quantitative estimate of drug-likeness (QED) is 0.103. The Bertz CT molecular complexity index is 2760. The van der Waals surface area contributed by atoms with E-state index in [9.17, 15) is 13.2 Å². The van der Waals surface area contributed by atoms with Crippen LogP contribution in [-0.4, -0.2) is 24.2 Å². The normalized spacial score (nSPS) is 11.2. The van der Waals surface area contributed by atoms with Crippen molar-refractivity contribution < 1.29 is 42.4 Å². The van der Waals surface area contributed by atoms with Gasteiger partial charge in [-0.2, -0.15) is 13.2 Å². The van der Waals surface area contributed by atoms with Crippen LogP contribution in [0.2, 0.25) is 0 Å². The molecule has 0 aliphatic carbocycles. The summed E-state index contributed by atoms with van der Waals surface area (Å²) >= 11 is 0. The largest absolute Gasteiger partial charge is 0.429 e. The zero-order valence-corrected chi connectivity index (χ0v) is 32.3. The number of pyridine rings is 1. The zero-order chi connectivity index (χ0) is 37.9. The van der Waals surface area contributed by atoms with Gasteiger partial charge in [-0.3, -0.25) is 10.1 Å². The van der Waals surface area contributed by atoms with Gasteiger partial charge in [-0.1, -0.05) is 88.3 Å². The predicted octanol–water partition coefficient (Wildman–Crippen LogP) is 7.93. The maximum Gasteiger partial charge on any atom is 0.429 e. The van der Waals surface area contributed by atoms with E-state index in [1.165, 1.54) is 44.6 Å². The summed E-state index contributed by atoms with van der Waals surface area (Å²) in [6.45, 7) is 0. The molecule has 56 heavy (non-hydrogen) atoms. The molecule has 0 spiro atoms. The van der Waals surface area contributed by atoms with Crippen molar-refractivity contribution in [1.82, 2.24) is 29.3 Å². The maximum absolute atomic E-state index is 12.1. The Balaban J connectivity index is 0.000000129. The Morgan fingerprint density at radius 1 is 0.589 bits per heavy atom. The fourth-order valence-electron chi connectivity index (χ4n) is 6.29. The number of hydrogen-bond acceptors (Lipinski definition) is 3. The van der Waals surface area contributed by atoms with Crippen LogP contribution in [0.5, 0.6) is 0 Å². The van der Waals surface area contributed by atoms with Gasteiger partial charge in [0.15, 0.2) is 0 Å². The molecule has 12 heteroatoms. The molecule has 0 unspecified atom stereocenters. The van der Waals surface area contributed by atoms with E-state index in [2.05, 4.69) is 142 Å².